The summed E-state index contributed by atoms with van der Waals surface area (Å²) in [6, 6.07) is -0.820. The van der Waals surface area contributed by atoms with Crippen molar-refractivity contribution < 1.29 is 19.8 Å². The maximum absolute atomic E-state index is 10.5. The van der Waals surface area contributed by atoms with E-state index in [1.54, 1.807) is 6.92 Å². The third-order valence-electron chi connectivity index (χ3n) is 3.13. The summed E-state index contributed by atoms with van der Waals surface area (Å²) in [5.74, 6) is -1.72. The van der Waals surface area contributed by atoms with Crippen molar-refractivity contribution in [2.75, 3.05) is 13.1 Å². The smallest absolute Gasteiger partial charge is 0.323 e. The molecule has 9 heteroatoms. The van der Waals surface area contributed by atoms with Crippen molar-refractivity contribution in [2.45, 2.75) is 44.2 Å². The van der Waals surface area contributed by atoms with Gasteiger partial charge in [-0.1, -0.05) is 0 Å². The van der Waals surface area contributed by atoms with Crippen LogP contribution in [0.1, 0.15) is 32.6 Å². The largest absolute Gasteiger partial charge is 0.480 e. The second-order valence-corrected chi connectivity index (χ2v) is 5.06. The topological polar surface area (TPSA) is 177 Å². The van der Waals surface area contributed by atoms with Crippen LogP contribution in [0.25, 0.3) is 0 Å². The van der Waals surface area contributed by atoms with Gasteiger partial charge in [0.2, 0.25) is 0 Å². The van der Waals surface area contributed by atoms with Gasteiger partial charge in [0.05, 0.1) is 0 Å². The van der Waals surface area contributed by atoms with Gasteiger partial charge in [-0.2, -0.15) is 0 Å². The molecule has 1 saturated heterocycles. The van der Waals surface area contributed by atoms with Crippen molar-refractivity contribution in [2.24, 2.45) is 22.2 Å². The van der Waals surface area contributed by atoms with E-state index in [0.29, 0.717) is 19.4 Å². The predicted molar refractivity (Wildman–Crippen MR) is 78.8 cm³/mol. The molecule has 2 atom stereocenters. The number of hydrogen-bond acceptors (Lipinski definition) is 5. The van der Waals surface area contributed by atoms with E-state index in [1.165, 1.54) is 0 Å². The number of nitrogens with one attached hydrogen (secondary N) is 1. The lowest BCUT2D eigenvalue weighted by atomic mass is 10.0. The third-order valence-corrected chi connectivity index (χ3v) is 3.13. The summed E-state index contributed by atoms with van der Waals surface area (Å²) in [5.41, 5.74) is 14.7. The Morgan fingerprint density at radius 1 is 1.38 bits per heavy atom. The summed E-state index contributed by atoms with van der Waals surface area (Å²) in [6.45, 7) is 2.98. The van der Waals surface area contributed by atoms with E-state index in [1.807, 2.05) is 0 Å². The van der Waals surface area contributed by atoms with Crippen molar-refractivity contribution in [3.8, 4) is 0 Å². The Bertz CT molecular complexity index is 376. The highest BCUT2D eigenvalue weighted by Gasteiger charge is 2.35. The first-order valence-corrected chi connectivity index (χ1v) is 6.71. The van der Waals surface area contributed by atoms with E-state index in [2.05, 4.69) is 10.3 Å². The number of aliphatic imine (C=N–C) groups is 1. The highest BCUT2D eigenvalue weighted by atomic mass is 16.4. The van der Waals surface area contributed by atoms with Gasteiger partial charge in [0, 0.05) is 6.54 Å². The number of carboxylic acids is 2. The van der Waals surface area contributed by atoms with E-state index in [-0.39, 0.29) is 5.96 Å². The molecule has 0 aromatic heterocycles. The van der Waals surface area contributed by atoms with Crippen molar-refractivity contribution >= 4 is 17.9 Å². The highest BCUT2D eigenvalue weighted by Crippen LogP contribution is 2.17. The van der Waals surface area contributed by atoms with E-state index in [9.17, 15) is 9.59 Å². The van der Waals surface area contributed by atoms with Crippen LogP contribution < -0.4 is 22.5 Å². The summed E-state index contributed by atoms with van der Waals surface area (Å²) in [7, 11) is 0. The maximum Gasteiger partial charge on any atom is 0.323 e. The second kappa shape index (κ2) is 9.14. The molecule has 1 rings (SSSR count). The molecular weight excluding hydrogens is 278 g/mol. The van der Waals surface area contributed by atoms with Gasteiger partial charge < -0.3 is 32.7 Å². The number of guanidine groups is 1. The Morgan fingerprint density at radius 2 is 2.00 bits per heavy atom. The maximum atomic E-state index is 10.5. The molecule has 0 aromatic carbocycles. The van der Waals surface area contributed by atoms with Crippen LogP contribution in [0.4, 0.5) is 0 Å². The van der Waals surface area contributed by atoms with Gasteiger partial charge in [0.1, 0.15) is 11.6 Å². The van der Waals surface area contributed by atoms with Crippen LogP contribution in [0.2, 0.25) is 0 Å². The zero-order chi connectivity index (χ0) is 16.5. The molecule has 0 unspecified atom stereocenters. The fourth-order valence-corrected chi connectivity index (χ4v) is 1.72. The molecule has 0 amide bonds. The fourth-order valence-electron chi connectivity index (χ4n) is 1.72. The monoisotopic (exact) mass is 303 g/mol. The standard InChI is InChI=1S/C6H14N4O2.C6H11NO2/c7-4(5(11)12)2-1-3-10-6(8)9;1-6(5(8)9)3-2-4-7-6/h4H,1-3,7H2,(H,11,12)(H4,8,9,10);7H,2-4H2,1H3,(H,8,9)/t4-;6-/m01/s1. The molecule has 0 bridgehead atoms. The van der Waals surface area contributed by atoms with Gasteiger partial charge in [-0.05, 0) is 39.2 Å². The molecule has 1 aliphatic heterocycles. The van der Waals surface area contributed by atoms with Gasteiger partial charge in [-0.15, -0.1) is 0 Å². The highest BCUT2D eigenvalue weighted by molar-refractivity contribution is 5.78. The lowest BCUT2D eigenvalue weighted by molar-refractivity contribution is -0.143. The molecule has 1 heterocycles. The van der Waals surface area contributed by atoms with Gasteiger partial charge >= 0.3 is 11.9 Å². The van der Waals surface area contributed by atoms with Crippen LogP contribution in [0.3, 0.4) is 0 Å². The minimum atomic E-state index is -1.00. The van der Waals surface area contributed by atoms with Crippen molar-refractivity contribution in [1.82, 2.24) is 5.32 Å². The molecule has 0 spiro atoms. The molecule has 0 aromatic rings. The van der Waals surface area contributed by atoms with E-state index in [4.69, 9.17) is 27.4 Å². The van der Waals surface area contributed by atoms with Crippen LogP contribution in [0, 0.1) is 0 Å². The van der Waals surface area contributed by atoms with Crippen LogP contribution in [-0.4, -0.2) is 52.8 Å². The quantitative estimate of drug-likeness (QED) is 0.198. The fraction of sp³-hybridized carbons (Fsp3) is 0.750. The molecule has 9 nitrogen and oxygen atoms in total. The average molecular weight is 303 g/mol. The third kappa shape index (κ3) is 8.10. The summed E-state index contributed by atoms with van der Waals surface area (Å²) in [5, 5.41) is 19.9. The first-order valence-electron chi connectivity index (χ1n) is 6.71. The Kier molecular flexibility index (Phi) is 8.32. The lowest BCUT2D eigenvalue weighted by Gasteiger charge is -2.16. The van der Waals surface area contributed by atoms with Gasteiger partial charge in [0.15, 0.2) is 5.96 Å². The Labute approximate surface area is 123 Å². The van der Waals surface area contributed by atoms with E-state index >= 15 is 0 Å². The SMILES string of the molecule is C[C@]1(C(=O)O)CCCN1.NC(N)=NCCC[C@H](N)C(=O)O. The Balaban J connectivity index is 0.000000394. The van der Waals surface area contributed by atoms with E-state index < -0.39 is 23.5 Å². The number of hydrogen-bond donors (Lipinski definition) is 6. The number of aliphatic carboxylic acids is 2. The van der Waals surface area contributed by atoms with Gasteiger partial charge in [-0.25, -0.2) is 0 Å². The first-order chi connectivity index (χ1) is 9.69. The van der Waals surface area contributed by atoms with Crippen LogP contribution >= 0.6 is 0 Å². The zero-order valence-electron chi connectivity index (χ0n) is 12.2. The molecule has 21 heavy (non-hydrogen) atoms. The molecule has 0 aliphatic carbocycles. The van der Waals surface area contributed by atoms with Crippen LogP contribution in [-0.2, 0) is 9.59 Å². The van der Waals surface area contributed by atoms with E-state index in [0.717, 1.165) is 19.4 Å². The number of carboxylic acid groups (broad SMARTS) is 2. The summed E-state index contributed by atoms with van der Waals surface area (Å²) >= 11 is 0. The van der Waals surface area contributed by atoms with Crippen molar-refractivity contribution in [3.05, 3.63) is 0 Å². The Hall–Kier alpha value is -1.87. The first kappa shape index (κ1) is 19.1. The lowest BCUT2D eigenvalue weighted by Crippen LogP contribution is -2.44. The number of rotatable bonds is 6. The summed E-state index contributed by atoms with van der Waals surface area (Å²) < 4.78 is 0. The molecule has 1 fully saturated rings. The molecule has 1 aliphatic rings. The minimum Gasteiger partial charge on any atom is -0.480 e. The van der Waals surface area contributed by atoms with Crippen molar-refractivity contribution in [3.63, 3.8) is 0 Å². The molecule has 122 valence electrons. The Morgan fingerprint density at radius 3 is 2.33 bits per heavy atom. The average Bonchev–Trinajstić information content (AvgIpc) is 2.83. The number of nitrogens with two attached hydrogens (primary N) is 3. The number of carbonyl (C=O) groups is 2. The molecule has 9 N–H and O–H groups in total. The normalized spacial score (nSPS) is 21.8. The zero-order valence-corrected chi connectivity index (χ0v) is 12.2. The van der Waals surface area contributed by atoms with Gasteiger partial charge in [0.25, 0.3) is 0 Å². The summed E-state index contributed by atoms with van der Waals surface area (Å²) in [6.07, 6.45) is 2.68. The number of nitrogens with zero attached hydrogens (tertiary/aromatic N) is 1. The predicted octanol–water partition coefficient (Wildman–Crippen LogP) is -1.33. The summed E-state index contributed by atoms with van der Waals surface area (Å²) in [4.78, 5) is 24.4. The van der Waals surface area contributed by atoms with Gasteiger partial charge in [-0.3, -0.25) is 14.6 Å². The van der Waals surface area contributed by atoms with Crippen LogP contribution in [0.5, 0.6) is 0 Å². The molecular formula is C12H25N5O4. The minimum absolute atomic E-state index is 0.0129. The van der Waals surface area contributed by atoms with Crippen LogP contribution in [0.15, 0.2) is 4.99 Å². The second-order valence-electron chi connectivity index (χ2n) is 5.06. The van der Waals surface area contributed by atoms with Crippen molar-refractivity contribution in [1.29, 1.82) is 0 Å². The molecule has 0 saturated carbocycles. The molecule has 0 radical (unpaired) electrons.